The van der Waals surface area contributed by atoms with Gasteiger partial charge in [-0.1, -0.05) is 34.8 Å². The number of hydrogen-bond donors (Lipinski definition) is 2. The Morgan fingerprint density at radius 3 is 2.59 bits per heavy atom. The van der Waals surface area contributed by atoms with Crippen LogP contribution in [0.2, 0.25) is 15.1 Å². The standard InChI is InChI=1S/C14H16Cl3N3O2/c15-9-4-11(17)12(5-10(9)16)19-13(21)7-20-3-1-2-8(6-20)14(18)22/h4-5,8H,1-3,6-7H2,(H2,18,22)(H,19,21)/t8-/m1/s1. The van der Waals surface area contributed by atoms with E-state index < -0.39 is 0 Å². The van der Waals surface area contributed by atoms with Crippen LogP contribution in [0.4, 0.5) is 5.69 Å². The molecule has 1 aliphatic heterocycles. The van der Waals surface area contributed by atoms with Crippen molar-refractivity contribution in [1.29, 1.82) is 0 Å². The Hall–Kier alpha value is -1.01. The van der Waals surface area contributed by atoms with Crippen LogP contribution in [0.3, 0.4) is 0 Å². The average Bonchev–Trinajstić information content (AvgIpc) is 2.45. The highest BCUT2D eigenvalue weighted by atomic mass is 35.5. The minimum atomic E-state index is -0.322. The molecule has 1 saturated heterocycles. The topological polar surface area (TPSA) is 75.4 Å². The van der Waals surface area contributed by atoms with Crippen LogP contribution in [-0.2, 0) is 9.59 Å². The first-order valence-electron chi connectivity index (χ1n) is 6.83. The van der Waals surface area contributed by atoms with E-state index in [1.165, 1.54) is 12.1 Å². The number of rotatable bonds is 4. The van der Waals surface area contributed by atoms with Crippen LogP contribution in [0, 0.1) is 5.92 Å². The van der Waals surface area contributed by atoms with Gasteiger partial charge in [0.05, 0.1) is 33.2 Å². The van der Waals surface area contributed by atoms with Gasteiger partial charge in [0.25, 0.3) is 0 Å². The van der Waals surface area contributed by atoms with Gasteiger partial charge in [0.1, 0.15) is 0 Å². The van der Waals surface area contributed by atoms with E-state index in [1.54, 1.807) is 0 Å². The van der Waals surface area contributed by atoms with Gasteiger partial charge in [0.15, 0.2) is 0 Å². The van der Waals surface area contributed by atoms with Gasteiger partial charge in [-0.05, 0) is 31.5 Å². The third-order valence-electron chi connectivity index (χ3n) is 3.56. The van der Waals surface area contributed by atoms with Crippen LogP contribution in [0.15, 0.2) is 12.1 Å². The molecule has 120 valence electrons. The number of hydrogen-bond acceptors (Lipinski definition) is 3. The first-order valence-corrected chi connectivity index (χ1v) is 7.96. The molecule has 0 saturated carbocycles. The molecule has 1 aromatic carbocycles. The lowest BCUT2D eigenvalue weighted by Gasteiger charge is -2.30. The van der Waals surface area contributed by atoms with E-state index in [0.717, 1.165) is 19.4 Å². The lowest BCUT2D eigenvalue weighted by atomic mass is 9.97. The monoisotopic (exact) mass is 363 g/mol. The normalized spacial score (nSPS) is 19.0. The lowest BCUT2D eigenvalue weighted by Crippen LogP contribution is -2.44. The summed E-state index contributed by atoms with van der Waals surface area (Å²) in [6.07, 6.45) is 1.61. The molecule has 22 heavy (non-hydrogen) atoms. The van der Waals surface area contributed by atoms with Crippen molar-refractivity contribution in [2.24, 2.45) is 11.7 Å². The minimum absolute atomic E-state index is 0.167. The van der Waals surface area contributed by atoms with E-state index in [1.807, 2.05) is 4.90 Å². The fraction of sp³-hybridized carbons (Fsp3) is 0.429. The number of carbonyl (C=O) groups is 2. The second kappa shape index (κ2) is 7.51. The van der Waals surface area contributed by atoms with Crippen LogP contribution in [-0.4, -0.2) is 36.3 Å². The molecule has 5 nitrogen and oxygen atoms in total. The Labute approximate surface area is 143 Å². The number of carbonyl (C=O) groups excluding carboxylic acids is 2. The Kier molecular flexibility index (Phi) is 5.92. The maximum atomic E-state index is 12.1. The summed E-state index contributed by atoms with van der Waals surface area (Å²) in [5, 5.41) is 3.65. The van der Waals surface area contributed by atoms with Crippen molar-refractivity contribution in [3.63, 3.8) is 0 Å². The molecule has 0 unspecified atom stereocenters. The summed E-state index contributed by atoms with van der Waals surface area (Å²) >= 11 is 17.8. The van der Waals surface area contributed by atoms with Crippen molar-refractivity contribution in [3.05, 3.63) is 27.2 Å². The first kappa shape index (κ1) is 17.3. The van der Waals surface area contributed by atoms with Crippen LogP contribution >= 0.6 is 34.8 Å². The molecular formula is C14H16Cl3N3O2. The van der Waals surface area contributed by atoms with E-state index in [9.17, 15) is 9.59 Å². The van der Waals surface area contributed by atoms with Gasteiger partial charge in [0, 0.05) is 6.54 Å². The largest absolute Gasteiger partial charge is 0.369 e. The predicted molar refractivity (Wildman–Crippen MR) is 88.5 cm³/mol. The number of amides is 2. The zero-order valence-corrected chi connectivity index (χ0v) is 14.0. The molecule has 8 heteroatoms. The number of benzene rings is 1. The summed E-state index contributed by atoms with van der Waals surface area (Å²) in [7, 11) is 0. The van der Waals surface area contributed by atoms with Gasteiger partial charge in [-0.15, -0.1) is 0 Å². The van der Waals surface area contributed by atoms with Gasteiger partial charge in [-0.25, -0.2) is 0 Å². The molecule has 1 fully saturated rings. The molecule has 0 spiro atoms. The highest BCUT2D eigenvalue weighted by Crippen LogP contribution is 2.32. The molecule has 0 bridgehead atoms. The van der Waals surface area contributed by atoms with Gasteiger partial charge in [-0.3, -0.25) is 14.5 Å². The van der Waals surface area contributed by atoms with E-state index >= 15 is 0 Å². The highest BCUT2D eigenvalue weighted by Gasteiger charge is 2.25. The van der Waals surface area contributed by atoms with Gasteiger partial charge in [0.2, 0.25) is 11.8 Å². The number of primary amides is 1. The highest BCUT2D eigenvalue weighted by molar-refractivity contribution is 6.44. The van der Waals surface area contributed by atoms with Crippen molar-refractivity contribution < 1.29 is 9.59 Å². The molecule has 0 aromatic heterocycles. The van der Waals surface area contributed by atoms with E-state index in [2.05, 4.69) is 5.32 Å². The SMILES string of the molecule is NC(=O)[C@@H]1CCCN(CC(=O)Nc2cc(Cl)c(Cl)cc2Cl)C1. The fourth-order valence-corrected chi connectivity index (χ4v) is 3.04. The molecule has 2 amide bonds. The Bertz CT molecular complexity index is 595. The van der Waals surface area contributed by atoms with Crippen LogP contribution in [0.5, 0.6) is 0 Å². The van der Waals surface area contributed by atoms with Gasteiger partial charge in [-0.2, -0.15) is 0 Å². The minimum Gasteiger partial charge on any atom is -0.369 e. The van der Waals surface area contributed by atoms with E-state index in [-0.39, 0.29) is 24.3 Å². The summed E-state index contributed by atoms with van der Waals surface area (Å²) in [6, 6.07) is 2.98. The summed E-state index contributed by atoms with van der Waals surface area (Å²) in [5.41, 5.74) is 5.73. The van der Waals surface area contributed by atoms with Crippen LogP contribution in [0.1, 0.15) is 12.8 Å². The lowest BCUT2D eigenvalue weighted by molar-refractivity contribution is -0.125. The third-order valence-corrected chi connectivity index (χ3v) is 4.59. The molecule has 0 radical (unpaired) electrons. The molecule has 1 atom stereocenters. The first-order chi connectivity index (χ1) is 10.4. The Morgan fingerprint density at radius 1 is 1.23 bits per heavy atom. The van der Waals surface area contributed by atoms with Crippen LogP contribution in [0.25, 0.3) is 0 Å². The predicted octanol–water partition coefficient (Wildman–Crippen LogP) is 2.78. The molecule has 1 aliphatic rings. The molecular weight excluding hydrogens is 349 g/mol. The van der Waals surface area contributed by atoms with E-state index in [4.69, 9.17) is 40.5 Å². The fourth-order valence-electron chi connectivity index (χ4n) is 2.44. The smallest absolute Gasteiger partial charge is 0.238 e. The second-order valence-corrected chi connectivity index (χ2v) is 6.49. The molecule has 0 aliphatic carbocycles. The van der Waals surface area contributed by atoms with Crippen molar-refractivity contribution in [2.75, 3.05) is 25.0 Å². The maximum absolute atomic E-state index is 12.1. The Balaban J connectivity index is 1.96. The Morgan fingerprint density at radius 2 is 1.91 bits per heavy atom. The average molecular weight is 365 g/mol. The van der Waals surface area contributed by atoms with Crippen molar-refractivity contribution in [2.45, 2.75) is 12.8 Å². The number of anilines is 1. The summed E-state index contributed by atoms with van der Waals surface area (Å²) in [6.45, 7) is 1.42. The summed E-state index contributed by atoms with van der Waals surface area (Å²) in [5.74, 6) is -0.752. The van der Waals surface area contributed by atoms with Crippen molar-refractivity contribution >= 4 is 52.3 Å². The third kappa shape index (κ3) is 4.49. The second-order valence-electron chi connectivity index (χ2n) is 5.27. The molecule has 2 rings (SSSR count). The number of halogens is 3. The van der Waals surface area contributed by atoms with E-state index in [0.29, 0.717) is 27.3 Å². The number of likely N-dealkylation sites (tertiary alicyclic amines) is 1. The zero-order valence-electron chi connectivity index (χ0n) is 11.7. The quantitative estimate of drug-likeness (QED) is 0.807. The summed E-state index contributed by atoms with van der Waals surface area (Å²) in [4.78, 5) is 25.2. The summed E-state index contributed by atoms with van der Waals surface area (Å²) < 4.78 is 0. The number of nitrogens with zero attached hydrogens (tertiary/aromatic N) is 1. The molecule has 1 aromatic rings. The molecule has 1 heterocycles. The number of piperidine rings is 1. The zero-order chi connectivity index (χ0) is 16.3. The number of nitrogens with one attached hydrogen (secondary N) is 1. The van der Waals surface area contributed by atoms with Crippen molar-refractivity contribution in [1.82, 2.24) is 4.90 Å². The van der Waals surface area contributed by atoms with Gasteiger partial charge >= 0.3 is 0 Å². The maximum Gasteiger partial charge on any atom is 0.238 e. The van der Waals surface area contributed by atoms with Gasteiger partial charge < -0.3 is 11.1 Å². The van der Waals surface area contributed by atoms with Crippen LogP contribution < -0.4 is 11.1 Å². The molecule has 3 N–H and O–H groups in total. The van der Waals surface area contributed by atoms with Crippen molar-refractivity contribution in [3.8, 4) is 0 Å². The number of nitrogens with two attached hydrogens (primary N) is 1.